The second-order valence-corrected chi connectivity index (χ2v) is 13.7. The minimum absolute atomic E-state index is 0.116. The second-order valence-electron chi connectivity index (χ2n) is 12.6. The van der Waals surface area contributed by atoms with Gasteiger partial charge in [-0.1, -0.05) is 32.9 Å². The summed E-state index contributed by atoms with van der Waals surface area (Å²) in [5.41, 5.74) is 1.30. The van der Waals surface area contributed by atoms with Gasteiger partial charge in [0.05, 0.1) is 27.6 Å². The van der Waals surface area contributed by atoms with E-state index in [4.69, 9.17) is 4.98 Å². The molecule has 3 aromatic heterocycles. The third kappa shape index (κ3) is 6.72. The number of hydrogen-bond donors (Lipinski definition) is 2. The lowest BCUT2D eigenvalue weighted by Gasteiger charge is -2.26. The molecule has 1 fully saturated rings. The molecule has 2 N–H and O–H groups in total. The first kappa shape index (κ1) is 31.0. The number of nitrogens with zero attached hydrogens (tertiary/aromatic N) is 5. The van der Waals surface area contributed by atoms with E-state index in [1.165, 1.54) is 23.6 Å². The maximum atomic E-state index is 13.7. The third-order valence-electron chi connectivity index (χ3n) is 7.48. The van der Waals surface area contributed by atoms with Crippen LogP contribution in [0, 0.1) is 22.7 Å². The van der Waals surface area contributed by atoms with E-state index in [2.05, 4.69) is 16.4 Å². The van der Waals surface area contributed by atoms with Gasteiger partial charge in [0.1, 0.15) is 11.6 Å². The van der Waals surface area contributed by atoms with Crippen LogP contribution in [-0.2, 0) is 16.9 Å². The highest BCUT2D eigenvalue weighted by Gasteiger charge is 2.33. The largest absolute Gasteiger partial charge is 0.386 e. The zero-order chi connectivity index (χ0) is 31.8. The van der Waals surface area contributed by atoms with Crippen LogP contribution < -0.4 is 5.32 Å². The molecular formula is C33H35FN6O3S. The molecule has 4 aromatic rings. The fourth-order valence-electron chi connectivity index (χ4n) is 5.36. The van der Waals surface area contributed by atoms with Crippen LogP contribution in [0.2, 0.25) is 0 Å². The normalized spacial score (nSPS) is 15.9. The van der Waals surface area contributed by atoms with Crippen molar-refractivity contribution < 1.29 is 19.1 Å². The first-order valence-corrected chi connectivity index (χ1v) is 15.3. The Balaban J connectivity index is 1.48. The number of benzene rings is 1. The van der Waals surface area contributed by atoms with Crippen molar-refractivity contribution in [3.05, 3.63) is 76.7 Å². The van der Waals surface area contributed by atoms with E-state index in [1.807, 2.05) is 37.5 Å². The van der Waals surface area contributed by atoms with Crippen LogP contribution in [-0.4, -0.2) is 48.9 Å². The molecule has 1 atom stereocenters. The summed E-state index contributed by atoms with van der Waals surface area (Å²) in [5.74, 6) is -0.985. The number of aliphatic hydroxyl groups is 1. The van der Waals surface area contributed by atoms with Crippen LogP contribution in [0.1, 0.15) is 62.7 Å². The lowest BCUT2D eigenvalue weighted by molar-refractivity contribution is -0.127. The molecule has 1 aliphatic heterocycles. The number of amides is 2. The van der Waals surface area contributed by atoms with E-state index >= 15 is 0 Å². The summed E-state index contributed by atoms with van der Waals surface area (Å²) in [6.45, 7) is 10.1. The number of halogens is 1. The van der Waals surface area contributed by atoms with E-state index in [1.54, 1.807) is 49.1 Å². The molecule has 11 heteroatoms. The highest BCUT2D eigenvalue weighted by Crippen LogP contribution is 2.32. The van der Waals surface area contributed by atoms with Gasteiger partial charge in [0.2, 0.25) is 11.9 Å². The quantitative estimate of drug-likeness (QED) is 0.144. The molecule has 0 spiro atoms. The molecule has 9 nitrogen and oxygen atoms in total. The van der Waals surface area contributed by atoms with Crippen LogP contribution in [0.25, 0.3) is 21.5 Å². The van der Waals surface area contributed by atoms with Gasteiger partial charge in [-0.25, -0.2) is 9.97 Å². The van der Waals surface area contributed by atoms with Crippen molar-refractivity contribution in [3.63, 3.8) is 0 Å². The summed E-state index contributed by atoms with van der Waals surface area (Å²) >= 11 is 1.22. The highest BCUT2D eigenvalue weighted by molar-refractivity contribution is 7.17. The third-order valence-corrected chi connectivity index (χ3v) is 8.61. The van der Waals surface area contributed by atoms with Crippen LogP contribution in [0.4, 0.5) is 10.3 Å². The zero-order valence-corrected chi connectivity index (χ0v) is 26.2. The average Bonchev–Trinajstić information content (AvgIpc) is 3.70. The Labute approximate surface area is 259 Å². The fourth-order valence-corrected chi connectivity index (χ4v) is 6.26. The van der Waals surface area contributed by atoms with Gasteiger partial charge in [0.15, 0.2) is 0 Å². The Morgan fingerprint density at radius 2 is 1.95 bits per heavy atom. The standard InChI is InChI=1S/C33H35FN6O3S/c1-32(2,3)17-21(18-35)30(42)39-14-6-7-23(39)19-40-25-9-8-22(33(4,5)43)16-24(25)37-31(40)38-29(41)27-11-10-26(44-27)20-12-13-36-28(34)15-20/h8-13,15-17,23,43H,6-7,14,19H2,1-5H3,(H,37,38,41). The number of rotatable bonds is 7. The van der Waals surface area contributed by atoms with Crippen molar-refractivity contribution in [2.24, 2.45) is 5.41 Å². The van der Waals surface area contributed by atoms with Gasteiger partial charge in [-0.15, -0.1) is 11.3 Å². The number of thiophene rings is 1. The van der Waals surface area contributed by atoms with Gasteiger partial charge >= 0.3 is 0 Å². The minimum atomic E-state index is -1.09. The van der Waals surface area contributed by atoms with Crippen LogP contribution in [0.3, 0.4) is 0 Å². The predicted octanol–water partition coefficient (Wildman–Crippen LogP) is 6.27. The molecule has 0 aliphatic carbocycles. The smallest absolute Gasteiger partial charge is 0.268 e. The van der Waals surface area contributed by atoms with Crippen molar-refractivity contribution >= 4 is 40.1 Å². The molecule has 1 unspecified atom stereocenters. The number of carbonyl (C=O) groups excluding carboxylic acids is 2. The Morgan fingerprint density at radius 1 is 1.18 bits per heavy atom. The number of pyridine rings is 1. The molecule has 5 rings (SSSR count). The average molecular weight is 615 g/mol. The summed E-state index contributed by atoms with van der Waals surface area (Å²) in [6, 6.07) is 13.8. The van der Waals surface area contributed by atoms with E-state index in [-0.39, 0.29) is 28.8 Å². The van der Waals surface area contributed by atoms with Crippen LogP contribution in [0.5, 0.6) is 0 Å². The van der Waals surface area contributed by atoms with Crippen LogP contribution in [0.15, 0.2) is 60.3 Å². The molecule has 44 heavy (non-hydrogen) atoms. The molecule has 0 radical (unpaired) electrons. The van der Waals surface area contributed by atoms with Gasteiger partial charge < -0.3 is 14.6 Å². The number of anilines is 1. The van der Waals surface area contributed by atoms with E-state index in [0.29, 0.717) is 40.6 Å². The molecule has 4 heterocycles. The Morgan fingerprint density at radius 3 is 2.64 bits per heavy atom. The molecule has 1 saturated heterocycles. The number of aromatic nitrogens is 3. The fraction of sp³-hybridized carbons (Fsp3) is 0.364. The molecule has 0 saturated carbocycles. The molecule has 228 valence electrons. The van der Waals surface area contributed by atoms with Gasteiger partial charge in [0, 0.05) is 30.2 Å². The molecule has 1 aliphatic rings. The molecule has 2 amide bonds. The van der Waals surface area contributed by atoms with Gasteiger partial charge in [-0.3, -0.25) is 14.9 Å². The monoisotopic (exact) mass is 614 g/mol. The van der Waals surface area contributed by atoms with Crippen molar-refractivity contribution in [1.29, 1.82) is 5.26 Å². The Bertz CT molecular complexity index is 1800. The SMILES string of the molecule is CC(C)(C)C=C(C#N)C(=O)N1CCCC1Cn1c(NC(=O)c2ccc(-c3ccnc(F)c3)s2)nc2cc(C(C)(C)O)ccc21. The van der Waals surface area contributed by atoms with E-state index in [0.717, 1.165) is 23.2 Å². The summed E-state index contributed by atoms with van der Waals surface area (Å²) < 4.78 is 15.6. The van der Waals surface area contributed by atoms with E-state index in [9.17, 15) is 24.3 Å². The van der Waals surface area contributed by atoms with Crippen molar-refractivity contribution in [1.82, 2.24) is 19.4 Å². The first-order valence-electron chi connectivity index (χ1n) is 14.4. The molecular weight excluding hydrogens is 579 g/mol. The minimum Gasteiger partial charge on any atom is -0.386 e. The number of allylic oxidation sites excluding steroid dienone is 1. The number of nitrogens with one attached hydrogen (secondary N) is 1. The maximum absolute atomic E-state index is 13.7. The van der Waals surface area contributed by atoms with Crippen LogP contribution >= 0.6 is 11.3 Å². The predicted molar refractivity (Wildman–Crippen MR) is 168 cm³/mol. The topological polar surface area (TPSA) is 124 Å². The summed E-state index contributed by atoms with van der Waals surface area (Å²) in [6.07, 6.45) is 4.60. The number of carbonyl (C=O) groups is 2. The van der Waals surface area contributed by atoms with Gasteiger partial charge in [-0.05, 0) is 73.6 Å². The van der Waals surface area contributed by atoms with Crippen molar-refractivity contribution in [3.8, 4) is 16.5 Å². The van der Waals surface area contributed by atoms with Gasteiger partial charge in [0.25, 0.3) is 11.8 Å². The van der Waals surface area contributed by atoms with E-state index < -0.39 is 11.5 Å². The van der Waals surface area contributed by atoms with Crippen molar-refractivity contribution in [2.45, 2.75) is 65.6 Å². The number of imidazole rings is 1. The lowest BCUT2D eigenvalue weighted by atomic mass is 9.93. The maximum Gasteiger partial charge on any atom is 0.268 e. The zero-order valence-electron chi connectivity index (χ0n) is 25.4. The molecule has 1 aromatic carbocycles. The number of hydrogen-bond acceptors (Lipinski definition) is 7. The Kier molecular flexibility index (Phi) is 8.42. The number of nitriles is 1. The molecule has 0 bridgehead atoms. The first-order chi connectivity index (χ1) is 20.7. The van der Waals surface area contributed by atoms with Gasteiger partial charge in [-0.2, -0.15) is 9.65 Å². The number of fused-ring (bicyclic) bond motifs is 1. The highest BCUT2D eigenvalue weighted by atomic mass is 32.1. The second kappa shape index (κ2) is 11.9. The summed E-state index contributed by atoms with van der Waals surface area (Å²) in [5, 5.41) is 23.3. The Hall–Kier alpha value is -4.40. The lowest BCUT2D eigenvalue weighted by Crippen LogP contribution is -2.39. The van der Waals surface area contributed by atoms with Crippen molar-refractivity contribution in [2.75, 3.05) is 11.9 Å². The summed E-state index contributed by atoms with van der Waals surface area (Å²) in [7, 11) is 0. The number of likely N-dealkylation sites (tertiary alicyclic amines) is 1. The summed E-state index contributed by atoms with van der Waals surface area (Å²) in [4.78, 5) is 38.2.